The quantitative estimate of drug-likeness (QED) is 0.410. The molecule has 138 valence electrons. The molecule has 1 aromatic carbocycles. The number of hydrogen-bond acceptors (Lipinski definition) is 5. The van der Waals surface area contributed by atoms with Gasteiger partial charge in [-0.3, -0.25) is 4.57 Å². The number of nitrogens with zero attached hydrogens (tertiary/aromatic N) is 3. The first-order valence-electron chi connectivity index (χ1n) is 8.89. The van der Waals surface area contributed by atoms with Gasteiger partial charge in [0.2, 0.25) is 0 Å². The average Bonchev–Trinajstić information content (AvgIpc) is 3.06. The van der Waals surface area contributed by atoms with Crippen molar-refractivity contribution in [2.24, 2.45) is 0 Å². The Hall–Kier alpha value is -1.89. The van der Waals surface area contributed by atoms with E-state index in [4.69, 9.17) is 9.47 Å². The molecule has 0 amide bonds. The van der Waals surface area contributed by atoms with Crippen LogP contribution < -0.4 is 0 Å². The molecule has 5 nitrogen and oxygen atoms in total. The highest BCUT2D eigenvalue weighted by Crippen LogP contribution is 2.26. The lowest BCUT2D eigenvalue weighted by molar-refractivity contribution is 0.00632. The Morgan fingerprint density at radius 2 is 2.04 bits per heavy atom. The van der Waals surface area contributed by atoms with E-state index in [1.807, 2.05) is 36.7 Å². The number of thioether (sulfide) groups is 1. The lowest BCUT2D eigenvalue weighted by atomic mass is 10.2. The molecule has 3 rings (SSSR count). The van der Waals surface area contributed by atoms with Crippen molar-refractivity contribution in [3.05, 3.63) is 48.2 Å². The third kappa shape index (κ3) is 4.44. The minimum Gasteiger partial charge on any atom is -0.376 e. The fraction of sp³-hybridized carbons (Fsp3) is 0.400. The molecule has 6 heteroatoms. The number of hydrogen-bond donors (Lipinski definition) is 0. The van der Waals surface area contributed by atoms with Crippen molar-refractivity contribution in [3.63, 3.8) is 0 Å². The molecule has 0 aliphatic carbocycles. The second-order valence-electron chi connectivity index (χ2n) is 6.09. The van der Waals surface area contributed by atoms with Crippen LogP contribution in [0.25, 0.3) is 16.9 Å². The predicted octanol–water partition coefficient (Wildman–Crippen LogP) is 4.47. The van der Waals surface area contributed by atoms with Crippen LogP contribution in [0.15, 0.2) is 47.8 Å². The zero-order valence-electron chi connectivity index (χ0n) is 15.5. The second-order valence-corrected chi connectivity index (χ2v) is 6.86. The SMILES string of the molecule is CCC(C)OCCOCc1ccnc(-n2c(SC)nc3ccccc32)c1. The summed E-state index contributed by atoms with van der Waals surface area (Å²) < 4.78 is 13.5. The van der Waals surface area contributed by atoms with Crippen LogP contribution in [0.2, 0.25) is 0 Å². The van der Waals surface area contributed by atoms with Gasteiger partial charge in [-0.2, -0.15) is 0 Å². The van der Waals surface area contributed by atoms with Crippen LogP contribution in [0.4, 0.5) is 0 Å². The molecule has 0 saturated heterocycles. The van der Waals surface area contributed by atoms with Crippen molar-refractivity contribution in [2.75, 3.05) is 19.5 Å². The van der Waals surface area contributed by atoms with Gasteiger partial charge in [-0.05, 0) is 49.4 Å². The monoisotopic (exact) mass is 371 g/mol. The Kier molecular flexibility index (Phi) is 6.66. The molecule has 26 heavy (non-hydrogen) atoms. The Balaban J connectivity index is 1.72. The maximum atomic E-state index is 5.75. The summed E-state index contributed by atoms with van der Waals surface area (Å²) in [5.74, 6) is 0.861. The van der Waals surface area contributed by atoms with Crippen LogP contribution >= 0.6 is 11.8 Å². The molecule has 2 aromatic heterocycles. The average molecular weight is 372 g/mol. The van der Waals surface area contributed by atoms with E-state index in [1.54, 1.807) is 11.8 Å². The van der Waals surface area contributed by atoms with Crippen molar-refractivity contribution in [1.29, 1.82) is 0 Å². The standard InChI is InChI=1S/C20H25N3O2S/c1-4-15(2)25-12-11-24-14-16-9-10-21-19(13-16)23-18-8-6-5-7-17(18)22-20(23)26-3/h5-10,13,15H,4,11-12,14H2,1-3H3. The predicted molar refractivity (Wildman–Crippen MR) is 106 cm³/mol. The van der Waals surface area contributed by atoms with E-state index in [0.717, 1.165) is 34.0 Å². The minimum atomic E-state index is 0.283. The lowest BCUT2D eigenvalue weighted by Crippen LogP contribution is -2.12. The number of pyridine rings is 1. The summed E-state index contributed by atoms with van der Waals surface area (Å²) in [6.45, 7) is 5.95. The summed E-state index contributed by atoms with van der Waals surface area (Å²) in [5, 5.41) is 0.929. The van der Waals surface area contributed by atoms with Gasteiger partial charge in [-0.1, -0.05) is 30.8 Å². The van der Waals surface area contributed by atoms with Gasteiger partial charge in [0.15, 0.2) is 5.16 Å². The van der Waals surface area contributed by atoms with Crippen LogP contribution in [-0.4, -0.2) is 40.1 Å². The third-order valence-corrected chi connectivity index (χ3v) is 4.86. The van der Waals surface area contributed by atoms with Crippen LogP contribution in [-0.2, 0) is 16.1 Å². The van der Waals surface area contributed by atoms with E-state index in [1.165, 1.54) is 0 Å². The molecule has 0 spiro atoms. The van der Waals surface area contributed by atoms with Crippen molar-refractivity contribution in [2.45, 2.75) is 38.1 Å². The van der Waals surface area contributed by atoms with Crippen molar-refractivity contribution in [1.82, 2.24) is 14.5 Å². The Bertz CT molecular complexity index is 850. The molecule has 3 aromatic rings. The fourth-order valence-corrected chi connectivity index (χ4v) is 3.22. The number of benzene rings is 1. The largest absolute Gasteiger partial charge is 0.376 e. The Morgan fingerprint density at radius 1 is 1.19 bits per heavy atom. The lowest BCUT2D eigenvalue weighted by Gasteiger charge is -2.11. The maximum absolute atomic E-state index is 5.75. The summed E-state index contributed by atoms with van der Waals surface area (Å²) in [6.07, 6.45) is 5.15. The fourth-order valence-electron chi connectivity index (χ4n) is 2.65. The molecular formula is C20H25N3O2S. The highest BCUT2D eigenvalue weighted by Gasteiger charge is 2.12. The van der Waals surface area contributed by atoms with E-state index in [-0.39, 0.29) is 6.10 Å². The van der Waals surface area contributed by atoms with Gasteiger partial charge in [0, 0.05) is 6.20 Å². The second kappa shape index (κ2) is 9.16. The third-order valence-electron chi connectivity index (χ3n) is 4.23. The highest BCUT2D eigenvalue weighted by molar-refractivity contribution is 7.98. The first kappa shape index (κ1) is 18.9. The molecule has 0 radical (unpaired) electrons. The number of fused-ring (bicyclic) bond motifs is 1. The molecule has 2 heterocycles. The molecule has 0 fully saturated rings. The van der Waals surface area contributed by atoms with Crippen LogP contribution in [0.3, 0.4) is 0 Å². The molecular weight excluding hydrogens is 346 g/mol. The van der Waals surface area contributed by atoms with Gasteiger partial charge < -0.3 is 9.47 Å². The van der Waals surface area contributed by atoms with Crippen LogP contribution in [0.1, 0.15) is 25.8 Å². The van der Waals surface area contributed by atoms with Crippen LogP contribution in [0, 0.1) is 0 Å². The van der Waals surface area contributed by atoms with Crippen molar-refractivity contribution < 1.29 is 9.47 Å². The van der Waals surface area contributed by atoms with Gasteiger partial charge in [-0.15, -0.1) is 0 Å². The first-order chi connectivity index (χ1) is 12.7. The van der Waals surface area contributed by atoms with Crippen LogP contribution in [0.5, 0.6) is 0 Å². The number of imidazole rings is 1. The molecule has 0 bridgehead atoms. The van der Waals surface area contributed by atoms with E-state index in [9.17, 15) is 0 Å². The maximum Gasteiger partial charge on any atom is 0.174 e. The molecule has 0 aliphatic rings. The molecule has 1 unspecified atom stereocenters. The molecule has 0 saturated carbocycles. The van der Waals surface area contributed by atoms with Gasteiger partial charge in [0.05, 0.1) is 37.0 Å². The minimum absolute atomic E-state index is 0.283. The summed E-state index contributed by atoms with van der Waals surface area (Å²) in [5.41, 5.74) is 3.12. The van der Waals surface area contributed by atoms with E-state index in [0.29, 0.717) is 19.8 Å². The summed E-state index contributed by atoms with van der Waals surface area (Å²) in [4.78, 5) is 9.24. The zero-order valence-corrected chi connectivity index (χ0v) is 16.3. The van der Waals surface area contributed by atoms with E-state index in [2.05, 4.69) is 40.5 Å². The normalized spacial score (nSPS) is 12.6. The van der Waals surface area contributed by atoms with Gasteiger partial charge >= 0.3 is 0 Å². The number of rotatable bonds is 9. The molecule has 1 atom stereocenters. The topological polar surface area (TPSA) is 49.2 Å². The van der Waals surface area contributed by atoms with E-state index < -0.39 is 0 Å². The van der Waals surface area contributed by atoms with Crippen molar-refractivity contribution in [3.8, 4) is 5.82 Å². The van der Waals surface area contributed by atoms with Gasteiger partial charge in [0.25, 0.3) is 0 Å². The molecule has 0 N–H and O–H groups in total. The highest BCUT2D eigenvalue weighted by atomic mass is 32.2. The smallest absolute Gasteiger partial charge is 0.174 e. The van der Waals surface area contributed by atoms with Gasteiger partial charge in [0.1, 0.15) is 5.82 Å². The van der Waals surface area contributed by atoms with Gasteiger partial charge in [-0.25, -0.2) is 9.97 Å². The first-order valence-corrected chi connectivity index (χ1v) is 10.1. The van der Waals surface area contributed by atoms with Crippen molar-refractivity contribution >= 4 is 22.8 Å². The summed E-state index contributed by atoms with van der Waals surface area (Å²) in [6, 6.07) is 12.2. The number of ether oxygens (including phenoxy) is 2. The Labute approximate surface area is 158 Å². The zero-order chi connectivity index (χ0) is 18.4. The Morgan fingerprint density at radius 3 is 2.85 bits per heavy atom. The summed E-state index contributed by atoms with van der Waals surface area (Å²) >= 11 is 1.62. The number of para-hydroxylation sites is 2. The van der Waals surface area contributed by atoms with E-state index >= 15 is 0 Å². The molecule has 0 aliphatic heterocycles. The summed E-state index contributed by atoms with van der Waals surface area (Å²) in [7, 11) is 0. The number of aromatic nitrogens is 3.